The lowest BCUT2D eigenvalue weighted by atomic mass is 9.96. The number of hydrogen-bond donors (Lipinski definition) is 2. The summed E-state index contributed by atoms with van der Waals surface area (Å²) in [5.41, 5.74) is 1.35. The van der Waals surface area contributed by atoms with Crippen LogP contribution in [0.2, 0.25) is 0 Å². The summed E-state index contributed by atoms with van der Waals surface area (Å²) in [4.78, 5) is 26.2. The second kappa shape index (κ2) is 8.57. The van der Waals surface area contributed by atoms with E-state index in [1.54, 1.807) is 20.4 Å². The fourth-order valence-corrected chi connectivity index (χ4v) is 3.38. The molecule has 0 bridgehead atoms. The third kappa shape index (κ3) is 4.39. The normalized spacial score (nSPS) is 16.7. The van der Waals surface area contributed by atoms with E-state index in [2.05, 4.69) is 15.5 Å². The van der Waals surface area contributed by atoms with Gasteiger partial charge in [-0.15, -0.1) is 0 Å². The Morgan fingerprint density at radius 3 is 2.96 bits per heavy atom. The van der Waals surface area contributed by atoms with Crippen molar-refractivity contribution in [1.29, 1.82) is 0 Å². The molecule has 27 heavy (non-hydrogen) atoms. The fourth-order valence-electron chi connectivity index (χ4n) is 3.38. The number of benzene rings is 1. The predicted molar refractivity (Wildman–Crippen MR) is 101 cm³/mol. The van der Waals surface area contributed by atoms with Gasteiger partial charge in [0.15, 0.2) is 11.5 Å². The zero-order chi connectivity index (χ0) is 19.2. The Kier molecular flexibility index (Phi) is 5.95. The topological polar surface area (TPSA) is 96.5 Å². The molecule has 0 aliphatic carbocycles. The lowest BCUT2D eigenvalue weighted by molar-refractivity contribution is -0.125. The molecule has 8 heteroatoms. The van der Waals surface area contributed by atoms with E-state index in [1.165, 1.54) is 6.07 Å². The summed E-state index contributed by atoms with van der Waals surface area (Å²) in [5.74, 6) is 1.10. The van der Waals surface area contributed by atoms with Crippen LogP contribution in [0.25, 0.3) is 0 Å². The van der Waals surface area contributed by atoms with Crippen LogP contribution in [0.3, 0.4) is 0 Å². The average Bonchev–Trinajstić information content (AvgIpc) is 2.71. The van der Waals surface area contributed by atoms with Gasteiger partial charge in [0.05, 0.1) is 32.0 Å². The van der Waals surface area contributed by atoms with E-state index in [4.69, 9.17) is 9.47 Å². The van der Waals surface area contributed by atoms with Gasteiger partial charge >= 0.3 is 0 Å². The van der Waals surface area contributed by atoms with Crippen molar-refractivity contribution in [1.82, 2.24) is 15.5 Å². The van der Waals surface area contributed by atoms with Crippen molar-refractivity contribution in [3.8, 4) is 11.5 Å². The van der Waals surface area contributed by atoms with Gasteiger partial charge in [0.2, 0.25) is 5.91 Å². The zero-order valence-corrected chi connectivity index (χ0v) is 15.5. The Bertz CT molecular complexity index is 852. The first-order valence-electron chi connectivity index (χ1n) is 8.89. The number of piperidine rings is 1. The monoisotopic (exact) mass is 372 g/mol. The van der Waals surface area contributed by atoms with Gasteiger partial charge in [-0.1, -0.05) is 12.1 Å². The smallest absolute Gasteiger partial charge is 0.266 e. The third-order valence-corrected chi connectivity index (χ3v) is 4.75. The summed E-state index contributed by atoms with van der Waals surface area (Å²) in [6.45, 7) is 1.73. The van der Waals surface area contributed by atoms with Gasteiger partial charge in [-0.3, -0.25) is 9.59 Å². The molecule has 0 saturated carbocycles. The summed E-state index contributed by atoms with van der Waals surface area (Å²) in [7, 11) is 3.16. The van der Waals surface area contributed by atoms with Crippen molar-refractivity contribution in [2.24, 2.45) is 5.92 Å². The van der Waals surface area contributed by atoms with Crippen LogP contribution in [0.1, 0.15) is 18.4 Å². The molecular weight excluding hydrogens is 348 g/mol. The quantitative estimate of drug-likeness (QED) is 0.794. The second-order valence-corrected chi connectivity index (χ2v) is 6.46. The second-order valence-electron chi connectivity index (χ2n) is 6.46. The Morgan fingerprint density at radius 2 is 2.22 bits per heavy atom. The van der Waals surface area contributed by atoms with E-state index in [-0.39, 0.29) is 17.4 Å². The minimum atomic E-state index is -0.246. The Labute approximate surface area is 157 Å². The lowest BCUT2D eigenvalue weighted by Crippen LogP contribution is -2.43. The summed E-state index contributed by atoms with van der Waals surface area (Å²) in [5, 5.41) is 9.20. The molecule has 2 aromatic rings. The van der Waals surface area contributed by atoms with Crippen molar-refractivity contribution < 1.29 is 14.3 Å². The molecule has 1 atom stereocenters. The van der Waals surface area contributed by atoms with E-state index < -0.39 is 0 Å². The van der Waals surface area contributed by atoms with Gasteiger partial charge in [-0.2, -0.15) is 5.10 Å². The van der Waals surface area contributed by atoms with Crippen molar-refractivity contribution in [3.63, 3.8) is 0 Å². The number of anilines is 1. The molecule has 0 spiro atoms. The highest BCUT2D eigenvalue weighted by atomic mass is 16.5. The van der Waals surface area contributed by atoms with Crippen LogP contribution in [-0.4, -0.2) is 43.4 Å². The molecule has 3 rings (SSSR count). The van der Waals surface area contributed by atoms with Crippen molar-refractivity contribution in [2.45, 2.75) is 19.4 Å². The third-order valence-electron chi connectivity index (χ3n) is 4.75. The van der Waals surface area contributed by atoms with Crippen molar-refractivity contribution >= 4 is 11.6 Å². The molecule has 1 aliphatic heterocycles. The maximum atomic E-state index is 12.7. The van der Waals surface area contributed by atoms with Gasteiger partial charge in [0, 0.05) is 31.3 Å². The molecule has 1 saturated heterocycles. The summed E-state index contributed by atoms with van der Waals surface area (Å²) < 4.78 is 10.7. The van der Waals surface area contributed by atoms with Gasteiger partial charge in [0.1, 0.15) is 0 Å². The number of carbonyl (C=O) groups excluding carboxylic acids is 1. The molecule has 1 unspecified atom stereocenters. The number of aromatic amines is 1. The van der Waals surface area contributed by atoms with Gasteiger partial charge < -0.3 is 19.7 Å². The fraction of sp³-hybridized carbons (Fsp3) is 0.421. The first-order valence-corrected chi connectivity index (χ1v) is 8.89. The van der Waals surface area contributed by atoms with Gasteiger partial charge in [-0.05, 0) is 18.9 Å². The van der Waals surface area contributed by atoms with Crippen LogP contribution < -0.4 is 25.2 Å². The number of carbonyl (C=O) groups is 1. The van der Waals surface area contributed by atoms with Crippen LogP contribution in [0.15, 0.2) is 35.3 Å². The van der Waals surface area contributed by atoms with E-state index in [0.29, 0.717) is 24.6 Å². The van der Waals surface area contributed by atoms with Crippen molar-refractivity contribution in [2.75, 3.05) is 32.2 Å². The largest absolute Gasteiger partial charge is 0.493 e. The predicted octanol–water partition coefficient (Wildman–Crippen LogP) is 1.32. The maximum Gasteiger partial charge on any atom is 0.266 e. The minimum Gasteiger partial charge on any atom is -0.493 e. The number of para-hydroxylation sites is 1. The maximum absolute atomic E-state index is 12.7. The van der Waals surface area contributed by atoms with Crippen LogP contribution >= 0.6 is 0 Å². The highest BCUT2D eigenvalue weighted by Crippen LogP contribution is 2.30. The minimum absolute atomic E-state index is 0.0117. The number of nitrogens with zero attached hydrogens (tertiary/aromatic N) is 2. The van der Waals surface area contributed by atoms with Crippen LogP contribution in [-0.2, 0) is 11.3 Å². The average molecular weight is 372 g/mol. The first-order chi connectivity index (χ1) is 13.1. The number of rotatable bonds is 6. The molecule has 144 valence electrons. The Hall–Kier alpha value is -3.03. The highest BCUT2D eigenvalue weighted by molar-refractivity contribution is 5.79. The number of aromatic nitrogens is 2. The Morgan fingerprint density at radius 1 is 1.37 bits per heavy atom. The molecule has 2 N–H and O–H groups in total. The number of amides is 1. The molecule has 1 fully saturated rings. The molecule has 1 amide bonds. The molecule has 1 aromatic carbocycles. The van der Waals surface area contributed by atoms with Gasteiger partial charge in [0.25, 0.3) is 5.56 Å². The van der Waals surface area contributed by atoms with Crippen LogP contribution in [0, 0.1) is 5.92 Å². The molecule has 2 heterocycles. The van der Waals surface area contributed by atoms with Gasteiger partial charge in [-0.25, -0.2) is 5.10 Å². The van der Waals surface area contributed by atoms with E-state index in [9.17, 15) is 9.59 Å². The SMILES string of the molecule is COc1cccc(CNC(=O)C2CCCN(c3cn[nH]c(=O)c3)C2)c1OC. The Balaban J connectivity index is 1.64. The van der Waals surface area contributed by atoms with E-state index in [0.717, 1.165) is 30.6 Å². The molecule has 8 nitrogen and oxygen atoms in total. The standard InChI is InChI=1S/C19H24N4O4/c1-26-16-7-3-5-13(18(16)27-2)10-20-19(25)14-6-4-8-23(12-14)15-9-17(24)22-21-11-15/h3,5,7,9,11,14H,4,6,8,10,12H2,1-2H3,(H,20,25)(H,22,24). The van der Waals surface area contributed by atoms with E-state index >= 15 is 0 Å². The number of nitrogens with one attached hydrogen (secondary N) is 2. The van der Waals surface area contributed by atoms with E-state index in [1.807, 2.05) is 23.1 Å². The molecule has 1 aliphatic rings. The molecular formula is C19H24N4O4. The zero-order valence-electron chi connectivity index (χ0n) is 15.5. The molecule has 0 radical (unpaired) electrons. The van der Waals surface area contributed by atoms with Crippen LogP contribution in [0.5, 0.6) is 11.5 Å². The first kappa shape index (κ1) is 18.8. The van der Waals surface area contributed by atoms with Crippen molar-refractivity contribution in [3.05, 3.63) is 46.4 Å². The number of ether oxygens (including phenoxy) is 2. The number of methoxy groups -OCH3 is 2. The summed E-state index contributed by atoms with van der Waals surface area (Å²) in [6.07, 6.45) is 3.31. The summed E-state index contributed by atoms with van der Waals surface area (Å²) in [6, 6.07) is 7.09. The number of hydrogen-bond acceptors (Lipinski definition) is 6. The van der Waals surface area contributed by atoms with Crippen LogP contribution in [0.4, 0.5) is 5.69 Å². The summed E-state index contributed by atoms with van der Waals surface area (Å²) >= 11 is 0. The number of H-pyrrole nitrogens is 1. The molecule has 1 aromatic heterocycles. The highest BCUT2D eigenvalue weighted by Gasteiger charge is 2.26. The lowest BCUT2D eigenvalue weighted by Gasteiger charge is -2.33.